The van der Waals surface area contributed by atoms with Crippen LogP contribution in [-0.4, -0.2) is 13.1 Å². The van der Waals surface area contributed by atoms with E-state index in [0.29, 0.717) is 6.04 Å². The minimum absolute atomic E-state index is 0. The van der Waals surface area contributed by atoms with Crippen LogP contribution in [0.5, 0.6) is 0 Å². The molecular weight excluding hydrogens is 122 g/mol. The number of nitrogens with one attached hydrogen (secondary N) is 1. The third-order valence-electron chi connectivity index (χ3n) is 1.10. The van der Waals surface area contributed by atoms with E-state index in [1.54, 1.807) is 0 Å². The van der Waals surface area contributed by atoms with E-state index >= 15 is 0 Å². The molecule has 2 heteroatoms. The van der Waals surface area contributed by atoms with Crippen molar-refractivity contribution in [3.05, 3.63) is 12.7 Å². The summed E-state index contributed by atoms with van der Waals surface area (Å²) in [7, 11) is 1.94. The third-order valence-corrected chi connectivity index (χ3v) is 1.10. The highest BCUT2D eigenvalue weighted by Gasteiger charge is 1.90. The summed E-state index contributed by atoms with van der Waals surface area (Å²) in [5, 5.41) is 3.08. The lowest BCUT2D eigenvalue weighted by Crippen LogP contribution is -2.20. The van der Waals surface area contributed by atoms with E-state index in [0.717, 1.165) is 6.42 Å². The zero-order chi connectivity index (χ0) is 5.70. The van der Waals surface area contributed by atoms with Crippen molar-refractivity contribution in [3.63, 3.8) is 0 Å². The summed E-state index contributed by atoms with van der Waals surface area (Å²) in [6, 6.07) is 0.500. The average molecular weight is 136 g/mol. The van der Waals surface area contributed by atoms with Crippen LogP contribution in [0.2, 0.25) is 0 Å². The van der Waals surface area contributed by atoms with Crippen molar-refractivity contribution in [1.29, 1.82) is 0 Å². The van der Waals surface area contributed by atoms with Gasteiger partial charge in [0.25, 0.3) is 0 Å². The maximum atomic E-state index is 3.64. The lowest BCUT2D eigenvalue weighted by Gasteiger charge is -2.04. The Kier molecular flexibility index (Phi) is 9.51. The Morgan fingerprint density at radius 3 is 2.25 bits per heavy atom. The highest BCUT2D eigenvalue weighted by molar-refractivity contribution is 5.85. The van der Waals surface area contributed by atoms with Gasteiger partial charge in [0.15, 0.2) is 0 Å². The molecule has 0 saturated heterocycles. The smallest absolute Gasteiger partial charge is 0.0241 e. The number of halogens is 1. The molecule has 50 valence electrons. The van der Waals surface area contributed by atoms with Crippen LogP contribution in [0.1, 0.15) is 13.3 Å². The first-order chi connectivity index (χ1) is 3.35. The fraction of sp³-hybridized carbons (Fsp3) is 0.667. The van der Waals surface area contributed by atoms with Crippen LogP contribution in [0, 0.1) is 0 Å². The van der Waals surface area contributed by atoms with Crippen molar-refractivity contribution in [2.75, 3.05) is 7.05 Å². The average Bonchev–Trinajstić information content (AvgIpc) is 1.72. The molecule has 0 rings (SSSR count). The lowest BCUT2D eigenvalue weighted by atomic mass is 10.2. The second kappa shape index (κ2) is 6.99. The molecule has 0 bridgehead atoms. The summed E-state index contributed by atoms with van der Waals surface area (Å²) in [6.45, 7) is 5.77. The highest BCUT2D eigenvalue weighted by atomic mass is 35.5. The Morgan fingerprint density at radius 1 is 1.75 bits per heavy atom. The summed E-state index contributed by atoms with van der Waals surface area (Å²) in [4.78, 5) is 0. The fourth-order valence-electron chi connectivity index (χ4n) is 0.489. The Balaban J connectivity index is 0. The molecule has 0 aliphatic rings. The SMILES string of the molecule is C=CC(CC)NC.Cl. The molecule has 1 atom stereocenters. The second-order valence-electron chi connectivity index (χ2n) is 1.54. The largest absolute Gasteiger partial charge is 0.314 e. The summed E-state index contributed by atoms with van der Waals surface area (Å²) in [5.74, 6) is 0. The number of rotatable bonds is 3. The number of hydrogen-bond donors (Lipinski definition) is 1. The molecule has 1 N–H and O–H groups in total. The summed E-state index contributed by atoms with van der Waals surface area (Å²) in [5.41, 5.74) is 0. The first-order valence-electron chi connectivity index (χ1n) is 2.65. The Bertz CT molecular complexity index is 50.5. The third kappa shape index (κ3) is 4.16. The van der Waals surface area contributed by atoms with Crippen molar-refractivity contribution in [3.8, 4) is 0 Å². The van der Waals surface area contributed by atoms with Gasteiger partial charge in [-0.1, -0.05) is 13.0 Å². The van der Waals surface area contributed by atoms with Crippen molar-refractivity contribution in [2.45, 2.75) is 19.4 Å². The summed E-state index contributed by atoms with van der Waals surface area (Å²) in [6.07, 6.45) is 3.04. The van der Waals surface area contributed by atoms with Crippen LogP contribution in [-0.2, 0) is 0 Å². The predicted molar refractivity (Wildman–Crippen MR) is 40.6 cm³/mol. The van der Waals surface area contributed by atoms with Gasteiger partial charge in [0, 0.05) is 6.04 Å². The molecule has 1 unspecified atom stereocenters. The van der Waals surface area contributed by atoms with Crippen LogP contribution in [0.25, 0.3) is 0 Å². The second-order valence-corrected chi connectivity index (χ2v) is 1.54. The van der Waals surface area contributed by atoms with Gasteiger partial charge in [-0.25, -0.2) is 0 Å². The fourth-order valence-corrected chi connectivity index (χ4v) is 0.489. The molecule has 0 radical (unpaired) electrons. The maximum Gasteiger partial charge on any atom is 0.0241 e. The number of hydrogen-bond acceptors (Lipinski definition) is 1. The molecule has 0 saturated carbocycles. The van der Waals surface area contributed by atoms with Gasteiger partial charge in [-0.3, -0.25) is 0 Å². The molecule has 0 fully saturated rings. The van der Waals surface area contributed by atoms with E-state index in [4.69, 9.17) is 0 Å². The maximum absolute atomic E-state index is 3.64. The quantitative estimate of drug-likeness (QED) is 0.580. The van der Waals surface area contributed by atoms with Crippen molar-refractivity contribution < 1.29 is 0 Å². The van der Waals surface area contributed by atoms with Crippen LogP contribution in [0.3, 0.4) is 0 Å². The molecule has 0 aliphatic heterocycles. The molecule has 0 aromatic rings. The van der Waals surface area contributed by atoms with Gasteiger partial charge in [-0.2, -0.15) is 0 Å². The van der Waals surface area contributed by atoms with Gasteiger partial charge >= 0.3 is 0 Å². The van der Waals surface area contributed by atoms with Crippen LogP contribution in [0.15, 0.2) is 12.7 Å². The molecule has 0 heterocycles. The van der Waals surface area contributed by atoms with Gasteiger partial charge in [-0.15, -0.1) is 19.0 Å². The van der Waals surface area contributed by atoms with Crippen molar-refractivity contribution in [1.82, 2.24) is 5.32 Å². The Hall–Kier alpha value is -0.0100. The van der Waals surface area contributed by atoms with E-state index in [2.05, 4.69) is 18.8 Å². The van der Waals surface area contributed by atoms with Gasteiger partial charge in [0.05, 0.1) is 0 Å². The Morgan fingerprint density at radius 2 is 2.25 bits per heavy atom. The summed E-state index contributed by atoms with van der Waals surface area (Å²) < 4.78 is 0. The van der Waals surface area contributed by atoms with Crippen LogP contribution >= 0.6 is 12.4 Å². The molecule has 0 amide bonds. The van der Waals surface area contributed by atoms with Crippen LogP contribution in [0.4, 0.5) is 0 Å². The van der Waals surface area contributed by atoms with Gasteiger partial charge in [0.2, 0.25) is 0 Å². The molecule has 8 heavy (non-hydrogen) atoms. The normalized spacial score (nSPS) is 11.8. The number of likely N-dealkylation sites (N-methyl/N-ethyl adjacent to an activating group) is 1. The predicted octanol–water partition coefficient (Wildman–Crippen LogP) is 1.59. The van der Waals surface area contributed by atoms with Crippen molar-refractivity contribution in [2.24, 2.45) is 0 Å². The molecule has 0 aliphatic carbocycles. The van der Waals surface area contributed by atoms with Crippen LogP contribution < -0.4 is 5.32 Å². The molecule has 0 spiro atoms. The van der Waals surface area contributed by atoms with Gasteiger partial charge in [-0.05, 0) is 13.5 Å². The van der Waals surface area contributed by atoms with Gasteiger partial charge < -0.3 is 5.32 Å². The minimum Gasteiger partial charge on any atom is -0.314 e. The van der Waals surface area contributed by atoms with E-state index in [1.807, 2.05) is 13.1 Å². The molecular formula is C6H14ClN. The zero-order valence-electron chi connectivity index (χ0n) is 5.48. The van der Waals surface area contributed by atoms with E-state index in [1.165, 1.54) is 0 Å². The zero-order valence-corrected chi connectivity index (χ0v) is 6.29. The van der Waals surface area contributed by atoms with E-state index < -0.39 is 0 Å². The van der Waals surface area contributed by atoms with E-state index in [9.17, 15) is 0 Å². The minimum atomic E-state index is 0. The van der Waals surface area contributed by atoms with E-state index in [-0.39, 0.29) is 12.4 Å². The molecule has 0 aromatic heterocycles. The highest BCUT2D eigenvalue weighted by Crippen LogP contribution is 1.86. The van der Waals surface area contributed by atoms with Crippen molar-refractivity contribution >= 4 is 12.4 Å². The van der Waals surface area contributed by atoms with Gasteiger partial charge in [0.1, 0.15) is 0 Å². The first kappa shape index (κ1) is 10.9. The first-order valence-corrected chi connectivity index (χ1v) is 2.65. The topological polar surface area (TPSA) is 12.0 Å². The summed E-state index contributed by atoms with van der Waals surface area (Å²) >= 11 is 0. The monoisotopic (exact) mass is 135 g/mol. The Labute approximate surface area is 57.6 Å². The molecule has 0 aromatic carbocycles. The molecule has 1 nitrogen and oxygen atoms in total. The standard InChI is InChI=1S/C6H13N.ClH/c1-4-6(5-2)7-3;/h4,6-7H,1,5H2,2-3H3;1H. The lowest BCUT2D eigenvalue weighted by molar-refractivity contribution is 0.649.